The van der Waals surface area contributed by atoms with Gasteiger partial charge in [0, 0.05) is 18.0 Å². The highest BCUT2D eigenvalue weighted by atomic mass is 32.2. The number of aryl methyl sites for hydroxylation is 1. The van der Waals surface area contributed by atoms with Crippen molar-refractivity contribution in [3.63, 3.8) is 0 Å². The predicted molar refractivity (Wildman–Crippen MR) is 117 cm³/mol. The summed E-state index contributed by atoms with van der Waals surface area (Å²) >= 11 is 1.49. The van der Waals surface area contributed by atoms with Crippen LogP contribution in [-0.2, 0) is 21.2 Å². The Morgan fingerprint density at radius 1 is 1.09 bits per heavy atom. The van der Waals surface area contributed by atoms with Gasteiger partial charge in [0.1, 0.15) is 10.6 Å². The Kier molecular flexibility index (Phi) is 5.93. The van der Waals surface area contributed by atoms with Gasteiger partial charge in [0.25, 0.3) is 10.0 Å². The topological polar surface area (TPSA) is 85.6 Å². The summed E-state index contributed by atoms with van der Waals surface area (Å²) < 4.78 is 70.2. The van der Waals surface area contributed by atoms with Crippen molar-refractivity contribution in [1.29, 1.82) is 0 Å². The van der Waals surface area contributed by atoms with Gasteiger partial charge in [-0.1, -0.05) is 18.2 Å². The third-order valence-corrected chi connectivity index (χ3v) is 7.32. The minimum Gasteiger partial charge on any atom is -0.481 e. The Morgan fingerprint density at radius 2 is 1.85 bits per heavy atom. The number of hydrogen-bond donors (Lipinski definition) is 1. The minimum absolute atomic E-state index is 0.0438. The van der Waals surface area contributed by atoms with Crippen LogP contribution >= 0.6 is 11.3 Å². The Hall–Kier alpha value is -3.31. The molecule has 2 heterocycles. The molecule has 0 aliphatic rings. The van der Waals surface area contributed by atoms with E-state index in [-0.39, 0.29) is 18.4 Å². The van der Waals surface area contributed by atoms with Crippen LogP contribution in [0.4, 0.5) is 13.2 Å². The second kappa shape index (κ2) is 8.56. The number of carboxylic acid groups (broad SMARTS) is 1. The van der Waals surface area contributed by atoms with Gasteiger partial charge in [0.15, 0.2) is 0 Å². The fraction of sp³-hybridized carbons (Fsp3) is 0.136. The first kappa shape index (κ1) is 22.9. The summed E-state index contributed by atoms with van der Waals surface area (Å²) in [5, 5.41) is 13.4. The number of aromatic nitrogens is 1. The van der Waals surface area contributed by atoms with Crippen molar-refractivity contribution >= 4 is 38.2 Å². The number of nitrogens with zero attached hydrogens (tertiary/aromatic N) is 1. The molecular formula is C22H16F3NO5S2. The van der Waals surface area contributed by atoms with Gasteiger partial charge in [-0.25, -0.2) is 12.4 Å². The lowest BCUT2D eigenvalue weighted by atomic mass is 10.0. The summed E-state index contributed by atoms with van der Waals surface area (Å²) in [4.78, 5) is 10.5. The predicted octanol–water partition coefficient (Wildman–Crippen LogP) is 5.52. The third kappa shape index (κ3) is 4.74. The number of benzene rings is 2. The molecule has 0 saturated carbocycles. The largest absolute Gasteiger partial charge is 0.573 e. The van der Waals surface area contributed by atoms with Crippen molar-refractivity contribution in [1.82, 2.24) is 3.97 Å². The van der Waals surface area contributed by atoms with Crippen molar-refractivity contribution in [2.45, 2.75) is 24.1 Å². The summed E-state index contributed by atoms with van der Waals surface area (Å²) in [6.45, 7) is 0. The van der Waals surface area contributed by atoms with Gasteiger partial charge in [0.05, 0.1) is 5.52 Å². The number of carboxylic acids is 1. The first-order chi connectivity index (χ1) is 15.6. The highest BCUT2D eigenvalue weighted by molar-refractivity contribution is 7.90. The van der Waals surface area contributed by atoms with E-state index in [1.807, 2.05) is 16.8 Å². The molecule has 2 aromatic heterocycles. The van der Waals surface area contributed by atoms with E-state index in [1.165, 1.54) is 29.7 Å². The van der Waals surface area contributed by atoms with Crippen molar-refractivity contribution in [2.75, 3.05) is 0 Å². The standard InChI is InChI=1S/C22H16F3NO5S2/c23-22(24,25)31-19-3-1-2-4-20(19)33(29,30)26-12-15(6-8-21(27)28)17-11-14(5-7-18(17)26)16-9-10-32-13-16/h1-5,7,9-13H,6,8H2,(H,27,28). The van der Waals surface area contributed by atoms with Crippen LogP contribution in [-0.4, -0.2) is 29.8 Å². The van der Waals surface area contributed by atoms with E-state index >= 15 is 0 Å². The lowest BCUT2D eigenvalue weighted by Crippen LogP contribution is -2.20. The first-order valence-electron chi connectivity index (χ1n) is 9.55. The molecule has 0 unspecified atom stereocenters. The van der Waals surface area contributed by atoms with E-state index in [2.05, 4.69) is 4.74 Å². The second-order valence-corrected chi connectivity index (χ2v) is 9.65. The average molecular weight is 496 g/mol. The fourth-order valence-corrected chi connectivity index (χ4v) is 5.67. The van der Waals surface area contributed by atoms with Crippen LogP contribution in [0, 0.1) is 0 Å². The number of aliphatic carboxylic acids is 1. The van der Waals surface area contributed by atoms with Crippen LogP contribution in [0.1, 0.15) is 12.0 Å². The normalized spacial score (nSPS) is 12.2. The lowest BCUT2D eigenvalue weighted by Gasteiger charge is -2.14. The van der Waals surface area contributed by atoms with Crippen molar-refractivity contribution in [3.8, 4) is 16.9 Å². The van der Waals surface area contributed by atoms with Crippen LogP contribution in [0.5, 0.6) is 5.75 Å². The number of thiophene rings is 1. The Balaban J connectivity index is 1.89. The van der Waals surface area contributed by atoms with E-state index in [0.29, 0.717) is 10.9 Å². The summed E-state index contributed by atoms with van der Waals surface area (Å²) in [7, 11) is -4.51. The minimum atomic E-state index is -5.08. The molecule has 2 aromatic carbocycles. The zero-order valence-corrected chi connectivity index (χ0v) is 18.4. The monoisotopic (exact) mass is 495 g/mol. The van der Waals surface area contributed by atoms with Gasteiger partial charge in [-0.05, 0) is 64.2 Å². The number of hydrogen-bond acceptors (Lipinski definition) is 5. The van der Waals surface area contributed by atoms with Crippen LogP contribution in [0.3, 0.4) is 0 Å². The maximum Gasteiger partial charge on any atom is 0.573 e. The second-order valence-electron chi connectivity index (χ2n) is 7.09. The number of carbonyl (C=O) groups is 1. The summed E-state index contributed by atoms with van der Waals surface area (Å²) in [6.07, 6.45) is -4.02. The fourth-order valence-electron chi connectivity index (χ4n) is 3.49. The molecule has 0 aliphatic carbocycles. The zero-order chi connectivity index (χ0) is 23.8. The number of rotatable bonds is 7. The zero-order valence-electron chi connectivity index (χ0n) is 16.7. The van der Waals surface area contributed by atoms with Gasteiger partial charge in [-0.2, -0.15) is 11.3 Å². The third-order valence-electron chi connectivity index (χ3n) is 4.93. The smallest absolute Gasteiger partial charge is 0.481 e. The van der Waals surface area contributed by atoms with Crippen LogP contribution in [0.2, 0.25) is 0 Å². The average Bonchev–Trinajstić information content (AvgIpc) is 3.39. The van der Waals surface area contributed by atoms with Crippen LogP contribution < -0.4 is 4.74 Å². The summed E-state index contributed by atoms with van der Waals surface area (Å²) in [6, 6.07) is 11.4. The molecular weight excluding hydrogens is 479 g/mol. The van der Waals surface area contributed by atoms with Gasteiger partial charge < -0.3 is 9.84 Å². The number of halogens is 3. The Labute approximate surface area is 190 Å². The first-order valence-corrected chi connectivity index (χ1v) is 11.9. The molecule has 0 saturated heterocycles. The number of para-hydroxylation sites is 1. The van der Waals surface area contributed by atoms with Crippen molar-refractivity contribution in [3.05, 3.63) is 71.1 Å². The van der Waals surface area contributed by atoms with Crippen molar-refractivity contribution < 1.29 is 36.2 Å². The van der Waals surface area contributed by atoms with Gasteiger partial charge in [-0.15, -0.1) is 13.2 Å². The molecule has 6 nitrogen and oxygen atoms in total. The highest BCUT2D eigenvalue weighted by Crippen LogP contribution is 2.35. The van der Waals surface area contributed by atoms with E-state index in [9.17, 15) is 26.4 Å². The molecule has 0 spiro atoms. The molecule has 4 aromatic rings. The molecule has 0 bridgehead atoms. The Morgan fingerprint density at radius 3 is 2.52 bits per heavy atom. The van der Waals surface area contributed by atoms with Crippen molar-refractivity contribution in [2.24, 2.45) is 0 Å². The van der Waals surface area contributed by atoms with E-state index < -0.39 is 33.0 Å². The van der Waals surface area contributed by atoms with Crippen LogP contribution in [0.25, 0.3) is 22.0 Å². The summed E-state index contributed by atoms with van der Waals surface area (Å²) in [5.41, 5.74) is 2.38. The van der Waals surface area contributed by atoms with Gasteiger partial charge >= 0.3 is 12.3 Å². The lowest BCUT2D eigenvalue weighted by molar-refractivity contribution is -0.275. The number of ether oxygens (including phenoxy) is 1. The number of alkyl halides is 3. The van der Waals surface area contributed by atoms with Gasteiger partial charge in [0.2, 0.25) is 0 Å². The molecule has 0 aliphatic heterocycles. The molecule has 172 valence electrons. The molecule has 1 N–H and O–H groups in total. The van der Waals surface area contributed by atoms with E-state index in [4.69, 9.17) is 5.11 Å². The summed E-state index contributed by atoms with van der Waals surface area (Å²) in [5.74, 6) is -1.91. The highest BCUT2D eigenvalue weighted by Gasteiger charge is 2.34. The molecule has 33 heavy (non-hydrogen) atoms. The van der Waals surface area contributed by atoms with Crippen LogP contribution in [0.15, 0.2) is 70.4 Å². The Bertz CT molecular complexity index is 1420. The maximum atomic E-state index is 13.4. The van der Waals surface area contributed by atoms with E-state index in [0.717, 1.165) is 27.2 Å². The molecule has 4 rings (SSSR count). The van der Waals surface area contributed by atoms with E-state index in [1.54, 1.807) is 18.2 Å². The molecule has 0 atom stereocenters. The number of fused-ring (bicyclic) bond motifs is 1. The SMILES string of the molecule is O=C(O)CCc1cn(S(=O)(=O)c2ccccc2OC(F)(F)F)c2ccc(-c3ccsc3)cc12. The maximum absolute atomic E-state index is 13.4. The molecule has 11 heteroatoms. The molecule has 0 radical (unpaired) electrons. The quantitative estimate of drug-likeness (QED) is 0.365. The molecule has 0 amide bonds. The molecule has 0 fully saturated rings. The van der Waals surface area contributed by atoms with Gasteiger partial charge in [-0.3, -0.25) is 4.79 Å².